The number of rotatable bonds is 3. The standard InChI is InChI=1S/C8H4N14/c9-1-3-13-6(16-15-3)14-7-17-19-8(20-18-7)22-5(11)12-4(2-10)21-22/h(H2,11,12,21)(H2,13,14,15,16,17,18). The molecule has 3 aromatic heterocycles. The lowest BCUT2D eigenvalue weighted by atomic mass is 10.7. The van der Waals surface area contributed by atoms with Gasteiger partial charge in [0.05, 0.1) is 0 Å². The van der Waals surface area contributed by atoms with Crippen molar-refractivity contribution in [3.05, 3.63) is 11.6 Å². The van der Waals surface area contributed by atoms with E-state index in [0.717, 1.165) is 4.68 Å². The van der Waals surface area contributed by atoms with Gasteiger partial charge >= 0.3 is 0 Å². The highest BCUT2D eigenvalue weighted by Crippen LogP contribution is 2.07. The molecule has 22 heavy (non-hydrogen) atoms. The van der Waals surface area contributed by atoms with Crippen LogP contribution in [0.15, 0.2) is 0 Å². The number of nitrogens with zero attached hydrogens (tertiary/aromatic N) is 11. The molecule has 0 fully saturated rings. The van der Waals surface area contributed by atoms with E-state index in [1.807, 2.05) is 0 Å². The molecular formula is C8H4N14. The molecule has 0 aliphatic heterocycles. The van der Waals surface area contributed by atoms with E-state index in [0.29, 0.717) is 0 Å². The van der Waals surface area contributed by atoms with Gasteiger partial charge in [0.15, 0.2) is 0 Å². The van der Waals surface area contributed by atoms with Crippen molar-refractivity contribution in [2.45, 2.75) is 0 Å². The van der Waals surface area contributed by atoms with E-state index < -0.39 is 0 Å². The van der Waals surface area contributed by atoms with Crippen molar-refractivity contribution in [2.75, 3.05) is 11.1 Å². The van der Waals surface area contributed by atoms with Crippen LogP contribution in [0.25, 0.3) is 5.95 Å². The predicted octanol–water partition coefficient (Wildman–Crippen LogP) is -1.97. The maximum Gasteiger partial charge on any atom is 0.292 e. The molecule has 3 rings (SSSR count). The normalized spacial score (nSPS) is 9.91. The zero-order valence-corrected chi connectivity index (χ0v) is 10.5. The second kappa shape index (κ2) is 5.06. The number of H-pyrrole nitrogens is 1. The topological polar surface area (TPSA) is 209 Å². The SMILES string of the molecule is N#Cc1nc(N)n(-c2nnc(Nc3n[nH]c(C#N)n3)nn2)n1. The van der Waals surface area contributed by atoms with Gasteiger partial charge in [-0.3, -0.25) is 5.32 Å². The fourth-order valence-electron chi connectivity index (χ4n) is 1.35. The summed E-state index contributed by atoms with van der Waals surface area (Å²) in [5, 5.41) is 44.6. The predicted molar refractivity (Wildman–Crippen MR) is 66.0 cm³/mol. The Morgan fingerprint density at radius 3 is 2.41 bits per heavy atom. The Morgan fingerprint density at radius 2 is 1.82 bits per heavy atom. The molecule has 3 aromatic rings. The molecule has 0 aliphatic carbocycles. The largest absolute Gasteiger partial charge is 0.368 e. The quantitative estimate of drug-likeness (QED) is 0.480. The molecule has 14 heteroatoms. The molecule has 0 aromatic carbocycles. The van der Waals surface area contributed by atoms with Gasteiger partial charge in [-0.15, -0.1) is 30.6 Å². The molecule has 0 radical (unpaired) electrons. The van der Waals surface area contributed by atoms with Gasteiger partial charge in [0.1, 0.15) is 12.1 Å². The van der Waals surface area contributed by atoms with Crippen molar-refractivity contribution in [3.8, 4) is 18.1 Å². The lowest BCUT2D eigenvalue weighted by molar-refractivity contribution is 0.736. The van der Waals surface area contributed by atoms with Crippen molar-refractivity contribution in [1.29, 1.82) is 10.5 Å². The molecule has 0 saturated carbocycles. The summed E-state index contributed by atoms with van der Waals surface area (Å²) in [6, 6.07) is 3.51. The fraction of sp³-hybridized carbons (Fsp3) is 0. The summed E-state index contributed by atoms with van der Waals surface area (Å²) in [5.41, 5.74) is 5.56. The van der Waals surface area contributed by atoms with E-state index in [9.17, 15) is 0 Å². The molecule has 14 nitrogen and oxygen atoms in total. The average Bonchev–Trinajstić information content (AvgIpc) is 3.14. The zero-order valence-electron chi connectivity index (χ0n) is 10.5. The molecule has 0 spiro atoms. The van der Waals surface area contributed by atoms with Crippen LogP contribution in [0.4, 0.5) is 17.8 Å². The smallest absolute Gasteiger partial charge is 0.292 e. The minimum Gasteiger partial charge on any atom is -0.368 e. The highest BCUT2D eigenvalue weighted by atomic mass is 15.5. The Balaban J connectivity index is 1.82. The summed E-state index contributed by atoms with van der Waals surface area (Å²) < 4.78 is 1.02. The number of hydrogen-bond donors (Lipinski definition) is 3. The second-order valence-electron chi connectivity index (χ2n) is 3.59. The lowest BCUT2D eigenvalue weighted by Gasteiger charge is -2.00. The Kier molecular flexibility index (Phi) is 2.95. The first-order chi connectivity index (χ1) is 10.7. The van der Waals surface area contributed by atoms with Crippen LogP contribution in [0.1, 0.15) is 11.6 Å². The third kappa shape index (κ3) is 2.30. The van der Waals surface area contributed by atoms with Crippen LogP contribution in [0.5, 0.6) is 0 Å². The van der Waals surface area contributed by atoms with E-state index in [1.165, 1.54) is 0 Å². The van der Waals surface area contributed by atoms with E-state index in [1.54, 1.807) is 12.1 Å². The van der Waals surface area contributed by atoms with Crippen molar-refractivity contribution in [3.63, 3.8) is 0 Å². The minimum absolute atomic E-state index is 0.00793. The number of anilines is 3. The molecule has 106 valence electrons. The van der Waals surface area contributed by atoms with Gasteiger partial charge in [-0.2, -0.15) is 25.2 Å². The van der Waals surface area contributed by atoms with Gasteiger partial charge in [-0.25, -0.2) is 5.10 Å². The van der Waals surface area contributed by atoms with Gasteiger partial charge in [0.2, 0.25) is 17.7 Å². The number of nitrogens with one attached hydrogen (secondary N) is 2. The summed E-state index contributed by atoms with van der Waals surface area (Å²) >= 11 is 0. The van der Waals surface area contributed by atoms with E-state index in [4.69, 9.17) is 16.3 Å². The van der Waals surface area contributed by atoms with Crippen molar-refractivity contribution in [2.24, 2.45) is 0 Å². The van der Waals surface area contributed by atoms with Crippen molar-refractivity contribution in [1.82, 2.24) is 50.3 Å². The van der Waals surface area contributed by atoms with Crippen LogP contribution in [-0.2, 0) is 0 Å². The monoisotopic (exact) mass is 296 g/mol. The van der Waals surface area contributed by atoms with E-state index in [-0.39, 0.29) is 35.4 Å². The van der Waals surface area contributed by atoms with Crippen LogP contribution < -0.4 is 11.1 Å². The van der Waals surface area contributed by atoms with Crippen LogP contribution in [0.2, 0.25) is 0 Å². The third-order valence-corrected chi connectivity index (χ3v) is 2.20. The lowest BCUT2D eigenvalue weighted by Crippen LogP contribution is -2.11. The Morgan fingerprint density at radius 1 is 1.05 bits per heavy atom. The second-order valence-corrected chi connectivity index (χ2v) is 3.59. The first kappa shape index (κ1) is 12.8. The average molecular weight is 296 g/mol. The van der Waals surface area contributed by atoms with Crippen LogP contribution in [0.3, 0.4) is 0 Å². The number of nitrogen functional groups attached to an aromatic ring is 1. The summed E-state index contributed by atoms with van der Waals surface area (Å²) in [4.78, 5) is 7.45. The molecule has 0 aliphatic rings. The Hall–Kier alpha value is -4.20. The highest BCUT2D eigenvalue weighted by molar-refractivity contribution is 5.41. The van der Waals surface area contributed by atoms with Gasteiger partial charge in [0, 0.05) is 0 Å². The molecule has 0 amide bonds. The van der Waals surface area contributed by atoms with Gasteiger partial charge in [0.25, 0.3) is 17.7 Å². The first-order valence-electron chi connectivity index (χ1n) is 5.49. The maximum atomic E-state index is 8.69. The molecule has 0 unspecified atom stereocenters. The number of nitrogens with two attached hydrogens (primary N) is 1. The minimum atomic E-state index is -0.131. The molecular weight excluding hydrogens is 292 g/mol. The van der Waals surface area contributed by atoms with Crippen molar-refractivity contribution < 1.29 is 0 Å². The molecule has 0 atom stereocenters. The highest BCUT2D eigenvalue weighted by Gasteiger charge is 2.12. The summed E-state index contributed by atoms with van der Waals surface area (Å²) in [6.07, 6.45) is 0. The molecule has 0 saturated heterocycles. The van der Waals surface area contributed by atoms with Crippen molar-refractivity contribution >= 4 is 17.8 Å². The molecule has 3 heterocycles. The van der Waals surface area contributed by atoms with E-state index in [2.05, 4.69) is 51.0 Å². The van der Waals surface area contributed by atoms with Crippen LogP contribution in [-0.4, -0.2) is 50.3 Å². The van der Waals surface area contributed by atoms with Gasteiger partial charge < -0.3 is 5.73 Å². The van der Waals surface area contributed by atoms with Gasteiger partial charge in [-0.05, 0) is 0 Å². The first-order valence-corrected chi connectivity index (χ1v) is 5.49. The molecule has 0 bridgehead atoms. The van der Waals surface area contributed by atoms with Gasteiger partial charge in [-0.1, -0.05) is 0 Å². The summed E-state index contributed by atoms with van der Waals surface area (Å²) in [5.74, 6) is -0.169. The number of hydrogen-bond acceptors (Lipinski definition) is 12. The molecule has 4 N–H and O–H groups in total. The fourth-order valence-corrected chi connectivity index (χ4v) is 1.35. The number of nitriles is 2. The Labute approximate surface area is 120 Å². The Bertz CT molecular complexity index is 888. The maximum absolute atomic E-state index is 8.69. The van der Waals surface area contributed by atoms with Crippen LogP contribution >= 0.6 is 0 Å². The summed E-state index contributed by atoms with van der Waals surface area (Å²) in [6.45, 7) is 0. The number of aromatic nitrogens is 10. The van der Waals surface area contributed by atoms with E-state index >= 15 is 0 Å². The zero-order chi connectivity index (χ0) is 15.5. The third-order valence-electron chi connectivity index (χ3n) is 2.20. The number of aromatic amines is 1. The summed E-state index contributed by atoms with van der Waals surface area (Å²) in [7, 11) is 0. The van der Waals surface area contributed by atoms with Crippen LogP contribution in [0, 0.1) is 22.7 Å².